The summed E-state index contributed by atoms with van der Waals surface area (Å²) in [5.41, 5.74) is 0. The number of nitrogens with zero attached hydrogens (tertiary/aromatic N) is 1. The van der Waals surface area contributed by atoms with E-state index < -0.39 is 0 Å². The van der Waals surface area contributed by atoms with E-state index >= 15 is 0 Å². The maximum absolute atomic E-state index is 10.6. The molecule has 70 valence electrons. The number of ether oxygens (including phenoxy) is 1. The summed E-state index contributed by atoms with van der Waals surface area (Å²) in [6.45, 7) is 7.21. The fraction of sp³-hybridized carbons (Fsp3) is 0.875. The molecule has 0 radical (unpaired) electrons. The first-order chi connectivity index (χ1) is 5.70. The van der Waals surface area contributed by atoms with Crippen molar-refractivity contribution in [3.8, 4) is 0 Å². The molecular weight excluding hydrogens is 156 g/mol. The number of esters is 1. The van der Waals surface area contributed by atoms with Crippen LogP contribution in [0.5, 0.6) is 0 Å². The lowest BCUT2D eigenvalue weighted by molar-refractivity contribution is -0.155. The van der Waals surface area contributed by atoms with Crippen molar-refractivity contribution < 1.29 is 9.53 Å². The van der Waals surface area contributed by atoms with Crippen molar-refractivity contribution in [3.05, 3.63) is 0 Å². The molecule has 4 nitrogen and oxygen atoms in total. The van der Waals surface area contributed by atoms with E-state index in [2.05, 4.69) is 10.2 Å². The maximum Gasteiger partial charge on any atom is 0.304 e. The van der Waals surface area contributed by atoms with Crippen LogP contribution in [0, 0.1) is 0 Å². The van der Waals surface area contributed by atoms with E-state index in [4.69, 9.17) is 4.74 Å². The molecule has 0 spiro atoms. The van der Waals surface area contributed by atoms with Crippen molar-refractivity contribution >= 4 is 5.97 Å². The highest BCUT2D eigenvalue weighted by molar-refractivity contribution is 5.66. The Kier molecular flexibility index (Phi) is 3.49. The highest BCUT2D eigenvalue weighted by Crippen LogP contribution is 2.02. The number of rotatable bonds is 2. The van der Waals surface area contributed by atoms with Gasteiger partial charge in [0.2, 0.25) is 0 Å². The normalized spacial score (nSPS) is 21.8. The zero-order chi connectivity index (χ0) is 8.97. The molecule has 0 bridgehead atoms. The Bertz CT molecular complexity index is 155. The van der Waals surface area contributed by atoms with Crippen LogP contribution in [0.2, 0.25) is 0 Å². The molecular formula is C8H16N2O2. The molecule has 4 heteroatoms. The van der Waals surface area contributed by atoms with Gasteiger partial charge < -0.3 is 10.1 Å². The van der Waals surface area contributed by atoms with Crippen molar-refractivity contribution in [1.82, 2.24) is 10.2 Å². The zero-order valence-electron chi connectivity index (χ0n) is 7.67. The highest BCUT2D eigenvalue weighted by Gasteiger charge is 2.17. The lowest BCUT2D eigenvalue weighted by Gasteiger charge is -2.31. The van der Waals surface area contributed by atoms with Crippen LogP contribution in [0.3, 0.4) is 0 Å². The molecule has 1 aliphatic heterocycles. The first-order valence-electron chi connectivity index (χ1n) is 4.32. The van der Waals surface area contributed by atoms with Crippen molar-refractivity contribution in [3.63, 3.8) is 0 Å². The molecule has 0 aromatic carbocycles. The second-order valence-electron chi connectivity index (χ2n) is 2.99. The molecule has 0 amide bonds. The van der Waals surface area contributed by atoms with Crippen LogP contribution in [0.4, 0.5) is 0 Å². The van der Waals surface area contributed by atoms with Crippen molar-refractivity contribution in [2.45, 2.75) is 20.1 Å². The molecule has 1 unspecified atom stereocenters. The number of hydrogen-bond acceptors (Lipinski definition) is 4. The van der Waals surface area contributed by atoms with Gasteiger partial charge in [0.15, 0.2) is 6.23 Å². The minimum atomic E-state index is -0.207. The van der Waals surface area contributed by atoms with Crippen LogP contribution in [0.25, 0.3) is 0 Å². The molecule has 0 aliphatic carbocycles. The Balaban J connectivity index is 2.29. The van der Waals surface area contributed by atoms with Crippen LogP contribution >= 0.6 is 0 Å². The summed E-state index contributed by atoms with van der Waals surface area (Å²) in [4.78, 5) is 12.8. The smallest absolute Gasteiger partial charge is 0.304 e. The summed E-state index contributed by atoms with van der Waals surface area (Å²) in [6, 6.07) is 0. The molecule has 0 saturated carbocycles. The van der Waals surface area contributed by atoms with Crippen LogP contribution in [-0.2, 0) is 9.53 Å². The molecule has 0 aromatic heterocycles. The molecule has 1 rings (SSSR count). The molecule has 12 heavy (non-hydrogen) atoms. The van der Waals surface area contributed by atoms with Gasteiger partial charge in [-0.1, -0.05) is 0 Å². The van der Waals surface area contributed by atoms with Gasteiger partial charge in [0.25, 0.3) is 0 Å². The minimum Gasteiger partial charge on any atom is -0.447 e. The van der Waals surface area contributed by atoms with Gasteiger partial charge >= 0.3 is 5.97 Å². The van der Waals surface area contributed by atoms with Crippen molar-refractivity contribution in [1.29, 1.82) is 0 Å². The third-order valence-corrected chi connectivity index (χ3v) is 2.00. The van der Waals surface area contributed by atoms with Crippen LogP contribution in [0.1, 0.15) is 13.8 Å². The standard InChI is InChI=1S/C8H16N2O2/c1-7(12-8(2)11)10-5-3-9-4-6-10/h7,9H,3-6H2,1-2H3. The summed E-state index contributed by atoms with van der Waals surface area (Å²) < 4.78 is 5.05. The number of nitrogens with one attached hydrogen (secondary N) is 1. The lowest BCUT2D eigenvalue weighted by Crippen LogP contribution is -2.48. The van der Waals surface area contributed by atoms with Gasteiger partial charge in [0.05, 0.1) is 0 Å². The fourth-order valence-corrected chi connectivity index (χ4v) is 1.36. The van der Waals surface area contributed by atoms with Crippen LogP contribution in [0.15, 0.2) is 0 Å². The topological polar surface area (TPSA) is 41.6 Å². The number of piperazine rings is 1. The van der Waals surface area contributed by atoms with Gasteiger partial charge in [0, 0.05) is 33.1 Å². The van der Waals surface area contributed by atoms with Crippen molar-refractivity contribution in [2.24, 2.45) is 0 Å². The Morgan fingerprint density at radius 1 is 1.50 bits per heavy atom. The van der Waals surface area contributed by atoms with Gasteiger partial charge in [-0.25, -0.2) is 0 Å². The summed E-state index contributed by atoms with van der Waals surface area (Å²) in [6.07, 6.45) is -0.0791. The minimum absolute atomic E-state index is 0.0791. The summed E-state index contributed by atoms with van der Waals surface area (Å²) in [5, 5.41) is 3.24. The van der Waals surface area contributed by atoms with E-state index in [-0.39, 0.29) is 12.2 Å². The first kappa shape index (κ1) is 9.48. The number of carbonyl (C=O) groups is 1. The Morgan fingerprint density at radius 3 is 2.58 bits per heavy atom. The van der Waals surface area contributed by atoms with Gasteiger partial charge in [0.1, 0.15) is 0 Å². The van der Waals surface area contributed by atoms with Crippen molar-refractivity contribution in [2.75, 3.05) is 26.2 Å². The Morgan fingerprint density at radius 2 is 2.08 bits per heavy atom. The number of hydrogen-bond donors (Lipinski definition) is 1. The van der Waals surface area contributed by atoms with Gasteiger partial charge in [-0.3, -0.25) is 9.69 Å². The second kappa shape index (κ2) is 4.42. The van der Waals surface area contributed by atoms with Crippen LogP contribution < -0.4 is 5.32 Å². The predicted octanol–water partition coefficient (Wildman–Crippen LogP) is -0.199. The maximum atomic E-state index is 10.6. The lowest BCUT2D eigenvalue weighted by atomic mass is 10.3. The molecule has 1 aliphatic rings. The van der Waals surface area contributed by atoms with Gasteiger partial charge in [-0.15, -0.1) is 0 Å². The number of carbonyl (C=O) groups excluding carboxylic acids is 1. The van der Waals surface area contributed by atoms with E-state index in [0.717, 1.165) is 26.2 Å². The molecule has 0 aromatic rings. The van der Waals surface area contributed by atoms with E-state index in [1.54, 1.807) is 0 Å². The van der Waals surface area contributed by atoms with E-state index in [1.165, 1.54) is 6.92 Å². The summed E-state index contributed by atoms with van der Waals surface area (Å²) >= 11 is 0. The van der Waals surface area contributed by atoms with E-state index in [1.807, 2.05) is 6.92 Å². The summed E-state index contributed by atoms with van der Waals surface area (Å²) in [5.74, 6) is -0.207. The summed E-state index contributed by atoms with van der Waals surface area (Å²) in [7, 11) is 0. The van der Waals surface area contributed by atoms with Crippen LogP contribution in [-0.4, -0.2) is 43.3 Å². The molecule has 1 saturated heterocycles. The van der Waals surface area contributed by atoms with E-state index in [0.29, 0.717) is 0 Å². The monoisotopic (exact) mass is 172 g/mol. The quantitative estimate of drug-likeness (QED) is 0.586. The Hall–Kier alpha value is -0.610. The van der Waals surface area contributed by atoms with E-state index in [9.17, 15) is 4.79 Å². The molecule has 1 N–H and O–H groups in total. The Labute approximate surface area is 72.9 Å². The predicted molar refractivity (Wildman–Crippen MR) is 45.7 cm³/mol. The van der Waals surface area contributed by atoms with Gasteiger partial charge in [-0.2, -0.15) is 0 Å². The first-order valence-corrected chi connectivity index (χ1v) is 4.32. The second-order valence-corrected chi connectivity index (χ2v) is 2.99. The van der Waals surface area contributed by atoms with Gasteiger partial charge in [-0.05, 0) is 6.92 Å². The fourth-order valence-electron chi connectivity index (χ4n) is 1.36. The largest absolute Gasteiger partial charge is 0.447 e. The average Bonchev–Trinajstić information content (AvgIpc) is 2.05. The average molecular weight is 172 g/mol. The third-order valence-electron chi connectivity index (χ3n) is 2.00. The zero-order valence-corrected chi connectivity index (χ0v) is 7.67. The third kappa shape index (κ3) is 2.79. The highest BCUT2D eigenvalue weighted by atomic mass is 16.6. The SMILES string of the molecule is CC(=O)OC(C)N1CCNCC1. The molecule has 1 fully saturated rings. The molecule has 1 atom stereocenters. The molecule has 1 heterocycles.